The van der Waals surface area contributed by atoms with Crippen LogP contribution < -0.4 is 0 Å². The summed E-state index contributed by atoms with van der Waals surface area (Å²) >= 11 is 0. The highest BCUT2D eigenvalue weighted by molar-refractivity contribution is 7.89. The molecule has 1 aromatic carbocycles. The number of sulfonamides is 1. The predicted octanol–water partition coefficient (Wildman–Crippen LogP) is 2.48. The molecule has 21 heavy (non-hydrogen) atoms. The van der Waals surface area contributed by atoms with Gasteiger partial charge in [0.25, 0.3) is 0 Å². The van der Waals surface area contributed by atoms with Crippen LogP contribution in [0.3, 0.4) is 0 Å². The second-order valence-corrected chi connectivity index (χ2v) is 7.22. The van der Waals surface area contributed by atoms with Crippen LogP contribution in [0, 0.1) is 5.82 Å². The van der Waals surface area contributed by atoms with Gasteiger partial charge in [0.1, 0.15) is 5.82 Å². The fourth-order valence-corrected chi connectivity index (χ4v) is 4.95. The highest BCUT2D eigenvalue weighted by Crippen LogP contribution is 2.31. The maximum Gasteiger partial charge on any atom is 0.337 e. The molecule has 1 aromatic rings. The molecule has 2 unspecified atom stereocenters. The minimum Gasteiger partial charge on any atom is -0.478 e. The molecule has 2 atom stereocenters. The third-order valence-electron chi connectivity index (χ3n) is 3.84. The Labute approximate surface area is 123 Å². The van der Waals surface area contributed by atoms with Crippen LogP contribution in [0.25, 0.3) is 0 Å². The van der Waals surface area contributed by atoms with Gasteiger partial charge in [-0.3, -0.25) is 0 Å². The summed E-state index contributed by atoms with van der Waals surface area (Å²) in [6.45, 7) is 3.57. The third-order valence-corrected chi connectivity index (χ3v) is 6.01. The number of rotatable bonds is 3. The Balaban J connectivity index is 2.58. The fraction of sp³-hybridized carbons (Fsp3) is 0.500. The van der Waals surface area contributed by atoms with E-state index in [9.17, 15) is 17.6 Å². The fourth-order valence-electron chi connectivity index (χ4n) is 2.87. The number of hydrogen-bond donors (Lipinski definition) is 1. The van der Waals surface area contributed by atoms with Crippen LogP contribution >= 0.6 is 0 Å². The number of halogens is 1. The minimum atomic E-state index is -4.05. The molecule has 5 nitrogen and oxygen atoms in total. The average molecular weight is 315 g/mol. The van der Waals surface area contributed by atoms with E-state index in [0.29, 0.717) is 12.8 Å². The molecule has 0 bridgehead atoms. The largest absolute Gasteiger partial charge is 0.478 e. The minimum absolute atomic E-state index is 0.233. The summed E-state index contributed by atoms with van der Waals surface area (Å²) in [5, 5.41) is 9.14. The quantitative estimate of drug-likeness (QED) is 0.930. The van der Waals surface area contributed by atoms with Gasteiger partial charge >= 0.3 is 5.97 Å². The highest BCUT2D eigenvalue weighted by Gasteiger charge is 2.37. The highest BCUT2D eigenvalue weighted by atomic mass is 32.2. The van der Waals surface area contributed by atoms with E-state index in [1.54, 1.807) is 13.8 Å². The summed E-state index contributed by atoms with van der Waals surface area (Å²) in [6, 6.07) is 2.26. The Morgan fingerprint density at radius 1 is 1.29 bits per heavy atom. The van der Waals surface area contributed by atoms with E-state index >= 15 is 0 Å². The van der Waals surface area contributed by atoms with Gasteiger partial charge in [-0.25, -0.2) is 17.6 Å². The molecular weight excluding hydrogens is 297 g/mol. The lowest BCUT2D eigenvalue weighted by atomic mass is 10.0. The lowest BCUT2D eigenvalue weighted by molar-refractivity contribution is 0.0692. The molecule has 1 saturated heterocycles. The molecule has 0 saturated carbocycles. The lowest BCUT2D eigenvalue weighted by Crippen LogP contribution is -2.47. The van der Waals surface area contributed by atoms with Crippen molar-refractivity contribution >= 4 is 16.0 Å². The number of hydrogen-bond acceptors (Lipinski definition) is 3. The van der Waals surface area contributed by atoms with E-state index in [0.717, 1.165) is 24.6 Å². The van der Waals surface area contributed by atoms with Crippen molar-refractivity contribution in [2.75, 3.05) is 0 Å². The number of nitrogens with zero attached hydrogens (tertiary/aromatic N) is 1. The first kappa shape index (κ1) is 15.9. The van der Waals surface area contributed by atoms with Crippen LogP contribution in [-0.2, 0) is 10.0 Å². The zero-order chi connectivity index (χ0) is 15.8. The zero-order valence-electron chi connectivity index (χ0n) is 11.9. The van der Waals surface area contributed by atoms with Crippen LogP contribution in [0.5, 0.6) is 0 Å². The lowest BCUT2D eigenvalue weighted by Gasteiger charge is -2.37. The van der Waals surface area contributed by atoms with Gasteiger partial charge in [0.15, 0.2) is 0 Å². The summed E-state index contributed by atoms with van der Waals surface area (Å²) in [7, 11) is -4.05. The molecule has 2 rings (SSSR count). The Morgan fingerprint density at radius 3 is 2.38 bits per heavy atom. The van der Waals surface area contributed by atoms with Gasteiger partial charge in [-0.2, -0.15) is 4.31 Å². The van der Waals surface area contributed by atoms with Gasteiger partial charge in [0.05, 0.1) is 10.5 Å². The molecule has 0 aromatic heterocycles. The van der Waals surface area contributed by atoms with Crippen molar-refractivity contribution in [3.63, 3.8) is 0 Å². The molecule has 1 N–H and O–H groups in total. The van der Waals surface area contributed by atoms with Gasteiger partial charge < -0.3 is 5.11 Å². The Kier molecular flexibility index (Phi) is 4.34. The molecular formula is C14H18FNO4S. The number of piperidine rings is 1. The molecule has 1 aliphatic heterocycles. The predicted molar refractivity (Wildman–Crippen MR) is 75.2 cm³/mol. The van der Waals surface area contributed by atoms with E-state index < -0.39 is 32.3 Å². The van der Waals surface area contributed by atoms with Crippen LogP contribution in [-0.4, -0.2) is 35.9 Å². The number of aromatic carboxylic acids is 1. The van der Waals surface area contributed by atoms with Gasteiger partial charge in [0.2, 0.25) is 10.0 Å². The second-order valence-electron chi connectivity index (χ2n) is 5.41. The van der Waals surface area contributed by atoms with E-state index in [4.69, 9.17) is 5.11 Å². The molecule has 1 heterocycles. The van der Waals surface area contributed by atoms with Crippen LogP contribution in [0.1, 0.15) is 43.5 Å². The molecule has 1 aliphatic rings. The van der Waals surface area contributed by atoms with Crippen molar-refractivity contribution < 1.29 is 22.7 Å². The number of carboxylic acids is 1. The van der Waals surface area contributed by atoms with E-state index in [-0.39, 0.29) is 12.1 Å². The van der Waals surface area contributed by atoms with Crippen molar-refractivity contribution in [3.05, 3.63) is 29.6 Å². The first-order chi connectivity index (χ1) is 9.75. The smallest absolute Gasteiger partial charge is 0.337 e. The van der Waals surface area contributed by atoms with Crippen LogP contribution in [0.15, 0.2) is 23.1 Å². The Hall–Kier alpha value is -1.47. The van der Waals surface area contributed by atoms with E-state index in [1.807, 2.05) is 0 Å². The SMILES string of the molecule is CC1CCCC(C)N1S(=O)(=O)c1cc(F)ccc1C(=O)O. The molecule has 1 fully saturated rings. The maximum atomic E-state index is 13.4. The zero-order valence-corrected chi connectivity index (χ0v) is 12.7. The standard InChI is InChI=1S/C14H18FNO4S/c1-9-4-3-5-10(2)16(9)21(19,20)13-8-11(15)6-7-12(13)14(17)18/h6-10H,3-5H2,1-2H3,(H,17,18). The summed E-state index contributed by atoms with van der Waals surface area (Å²) in [5.74, 6) is -2.15. The summed E-state index contributed by atoms with van der Waals surface area (Å²) < 4.78 is 40.3. The average Bonchev–Trinajstić information content (AvgIpc) is 2.37. The third kappa shape index (κ3) is 2.94. The number of carboxylic acid groups (broad SMARTS) is 1. The summed E-state index contributed by atoms with van der Waals surface area (Å²) in [4.78, 5) is 10.7. The maximum absolute atomic E-state index is 13.4. The molecule has 0 spiro atoms. The van der Waals surface area contributed by atoms with Gasteiger partial charge in [0, 0.05) is 12.1 Å². The number of carbonyl (C=O) groups is 1. The van der Waals surface area contributed by atoms with Crippen LogP contribution in [0.2, 0.25) is 0 Å². The molecule has 7 heteroatoms. The van der Waals surface area contributed by atoms with Crippen molar-refractivity contribution in [3.8, 4) is 0 Å². The topological polar surface area (TPSA) is 74.7 Å². The van der Waals surface area contributed by atoms with Crippen LogP contribution in [0.4, 0.5) is 4.39 Å². The first-order valence-corrected chi connectivity index (χ1v) is 8.25. The van der Waals surface area contributed by atoms with E-state index in [1.165, 1.54) is 4.31 Å². The molecule has 0 aliphatic carbocycles. The van der Waals surface area contributed by atoms with E-state index in [2.05, 4.69) is 0 Å². The van der Waals surface area contributed by atoms with Gasteiger partial charge in [-0.1, -0.05) is 6.42 Å². The Bertz CT molecular complexity index is 649. The second kappa shape index (κ2) is 5.73. The van der Waals surface area contributed by atoms with Crippen molar-refractivity contribution in [2.45, 2.75) is 50.1 Å². The van der Waals surface area contributed by atoms with Gasteiger partial charge in [-0.15, -0.1) is 0 Å². The molecule has 116 valence electrons. The van der Waals surface area contributed by atoms with Crippen molar-refractivity contribution in [2.24, 2.45) is 0 Å². The monoisotopic (exact) mass is 315 g/mol. The molecule has 0 radical (unpaired) electrons. The first-order valence-electron chi connectivity index (χ1n) is 6.81. The van der Waals surface area contributed by atoms with Crippen molar-refractivity contribution in [1.29, 1.82) is 0 Å². The summed E-state index contributed by atoms with van der Waals surface area (Å²) in [5.41, 5.74) is -0.402. The Morgan fingerprint density at radius 2 is 1.86 bits per heavy atom. The van der Waals surface area contributed by atoms with Gasteiger partial charge in [-0.05, 0) is 44.9 Å². The number of benzene rings is 1. The van der Waals surface area contributed by atoms with Crippen molar-refractivity contribution in [1.82, 2.24) is 4.31 Å². The molecule has 0 amide bonds. The normalized spacial score (nSPS) is 24.0. The summed E-state index contributed by atoms with van der Waals surface area (Å²) in [6.07, 6.45) is 2.34.